The van der Waals surface area contributed by atoms with Gasteiger partial charge in [0, 0.05) is 11.1 Å². The molecular weight excluding hydrogens is 395 g/mol. The minimum absolute atomic E-state index is 0.0921. The molecule has 0 saturated heterocycles. The number of anilines is 1. The number of halogens is 3. The molecule has 1 atom stereocenters. The molecule has 0 amide bonds. The number of nitrogens with zero attached hydrogens (tertiary/aromatic N) is 6. The third kappa shape index (κ3) is 3.28. The molecule has 7 nitrogen and oxygen atoms in total. The van der Waals surface area contributed by atoms with Crippen molar-refractivity contribution in [3.63, 3.8) is 0 Å². The van der Waals surface area contributed by atoms with Crippen LogP contribution in [0.15, 0.2) is 30.6 Å². The quantitative estimate of drug-likeness (QED) is 0.527. The molecule has 0 aliphatic heterocycles. The van der Waals surface area contributed by atoms with Crippen LogP contribution in [-0.4, -0.2) is 24.6 Å². The van der Waals surface area contributed by atoms with Gasteiger partial charge in [-0.1, -0.05) is 18.2 Å². The van der Waals surface area contributed by atoms with E-state index >= 15 is 0 Å². The summed E-state index contributed by atoms with van der Waals surface area (Å²) in [5.41, 5.74) is 1.06. The molecule has 0 bridgehead atoms. The van der Waals surface area contributed by atoms with E-state index in [9.17, 15) is 13.2 Å². The molecule has 0 spiro atoms. The zero-order chi connectivity index (χ0) is 21.4. The number of benzene rings is 1. The van der Waals surface area contributed by atoms with Crippen LogP contribution in [0.4, 0.5) is 19.0 Å². The number of pyridine rings is 1. The molecule has 3 aromatic heterocycles. The van der Waals surface area contributed by atoms with Crippen molar-refractivity contribution in [3.8, 4) is 6.07 Å². The number of nitrogens with one attached hydrogen (secondary N) is 1. The highest BCUT2D eigenvalue weighted by molar-refractivity contribution is 5.89. The Morgan fingerprint density at radius 1 is 1.20 bits per heavy atom. The fourth-order valence-corrected chi connectivity index (χ4v) is 3.38. The Bertz CT molecular complexity index is 1290. The molecule has 0 saturated carbocycles. The molecule has 4 rings (SSSR count). The highest BCUT2D eigenvalue weighted by Gasteiger charge is 2.21. The molecule has 1 N–H and O–H groups in total. The maximum Gasteiger partial charge on any atom is 0.266 e. The Balaban J connectivity index is 1.82. The summed E-state index contributed by atoms with van der Waals surface area (Å²) < 4.78 is 42.2. The maximum atomic E-state index is 14.6. The molecule has 0 aliphatic carbocycles. The Morgan fingerprint density at radius 3 is 2.70 bits per heavy atom. The lowest BCUT2D eigenvalue weighted by atomic mass is 10.0. The van der Waals surface area contributed by atoms with Crippen LogP contribution < -0.4 is 5.32 Å². The Kier molecular flexibility index (Phi) is 4.95. The van der Waals surface area contributed by atoms with E-state index in [2.05, 4.69) is 31.4 Å². The number of fused-ring (bicyclic) bond motifs is 3. The summed E-state index contributed by atoms with van der Waals surface area (Å²) in [5.74, 6) is -0.0667. The van der Waals surface area contributed by atoms with Crippen molar-refractivity contribution in [2.45, 2.75) is 32.7 Å². The zero-order valence-electron chi connectivity index (χ0n) is 16.1. The van der Waals surface area contributed by atoms with E-state index in [0.29, 0.717) is 33.9 Å². The monoisotopic (exact) mass is 411 g/mol. The van der Waals surface area contributed by atoms with Crippen LogP contribution in [0.5, 0.6) is 0 Å². The van der Waals surface area contributed by atoms with Crippen molar-refractivity contribution < 1.29 is 13.2 Å². The first kappa shape index (κ1) is 19.6. The molecule has 4 aromatic rings. The number of rotatable bonds is 5. The van der Waals surface area contributed by atoms with Gasteiger partial charge in [-0.15, -0.1) is 5.10 Å². The predicted molar refractivity (Wildman–Crippen MR) is 104 cm³/mol. The van der Waals surface area contributed by atoms with E-state index in [0.717, 1.165) is 6.07 Å². The summed E-state index contributed by atoms with van der Waals surface area (Å²) in [5, 5.41) is 17.1. The molecule has 30 heavy (non-hydrogen) atoms. The topological polar surface area (TPSA) is 91.8 Å². The van der Waals surface area contributed by atoms with Gasteiger partial charge in [-0.3, -0.25) is 0 Å². The summed E-state index contributed by atoms with van der Waals surface area (Å²) in [7, 11) is 0. The Labute approximate surface area is 169 Å². The van der Waals surface area contributed by atoms with Gasteiger partial charge in [-0.05, 0) is 19.9 Å². The smallest absolute Gasteiger partial charge is 0.266 e. The predicted octanol–water partition coefficient (Wildman–Crippen LogP) is 4.30. The fourth-order valence-electron chi connectivity index (χ4n) is 3.38. The summed E-state index contributed by atoms with van der Waals surface area (Å²) in [6, 6.07) is 7.08. The highest BCUT2D eigenvalue weighted by Crippen LogP contribution is 2.30. The van der Waals surface area contributed by atoms with Gasteiger partial charge in [0.25, 0.3) is 6.43 Å². The van der Waals surface area contributed by atoms with Crippen molar-refractivity contribution in [2.24, 2.45) is 0 Å². The van der Waals surface area contributed by atoms with E-state index in [-0.39, 0.29) is 12.0 Å². The molecule has 1 aromatic carbocycles. The van der Waals surface area contributed by atoms with Crippen molar-refractivity contribution in [2.75, 3.05) is 5.32 Å². The number of aryl methyl sites for hydroxylation is 1. The average molecular weight is 411 g/mol. The van der Waals surface area contributed by atoms with E-state index in [1.54, 1.807) is 19.9 Å². The van der Waals surface area contributed by atoms with Crippen LogP contribution in [0.25, 0.3) is 16.7 Å². The number of hydrogen-bond acceptors (Lipinski definition) is 6. The third-order valence-corrected chi connectivity index (χ3v) is 4.77. The normalized spacial score (nSPS) is 12.4. The summed E-state index contributed by atoms with van der Waals surface area (Å²) in [4.78, 5) is 12.9. The van der Waals surface area contributed by atoms with Crippen LogP contribution in [0, 0.1) is 24.1 Å². The first-order valence-corrected chi connectivity index (χ1v) is 9.10. The number of aromatic nitrogens is 5. The second kappa shape index (κ2) is 7.59. The SMILES string of the molecule is Cc1nc2c(CC#N)cc3c(NC(C)c4cccc(C(F)F)c4F)ncnc3n2n1. The first-order chi connectivity index (χ1) is 14.4. The molecule has 1 unspecified atom stereocenters. The molecular formula is C20H16F3N7. The average Bonchev–Trinajstić information content (AvgIpc) is 3.10. The second-order valence-corrected chi connectivity index (χ2v) is 6.78. The standard InChI is InChI=1S/C20H16F3N7/c1-10(13-4-3-5-14(16(13)21)17(22)23)27-18-15-8-12(6-7-24)19-28-11(2)29-30(19)20(15)26-9-25-18/h3-5,8-10,17H,6H2,1-2H3,(H,25,26,27). The summed E-state index contributed by atoms with van der Waals surface area (Å²) >= 11 is 0. The van der Waals surface area contributed by atoms with Crippen LogP contribution in [0.2, 0.25) is 0 Å². The lowest BCUT2D eigenvalue weighted by Crippen LogP contribution is -2.12. The van der Waals surface area contributed by atoms with Crippen molar-refractivity contribution >= 4 is 22.5 Å². The summed E-state index contributed by atoms with van der Waals surface area (Å²) in [6.45, 7) is 3.38. The minimum atomic E-state index is -2.91. The van der Waals surface area contributed by atoms with Crippen molar-refractivity contribution in [1.29, 1.82) is 5.26 Å². The molecule has 0 fully saturated rings. The van der Waals surface area contributed by atoms with Crippen molar-refractivity contribution in [1.82, 2.24) is 24.6 Å². The molecule has 152 valence electrons. The number of nitriles is 1. The van der Waals surface area contributed by atoms with Gasteiger partial charge in [0.15, 0.2) is 11.3 Å². The van der Waals surface area contributed by atoms with Gasteiger partial charge in [-0.25, -0.2) is 28.1 Å². The fraction of sp³-hybridized carbons (Fsp3) is 0.250. The lowest BCUT2D eigenvalue weighted by molar-refractivity contribution is 0.146. The van der Waals surface area contributed by atoms with E-state index in [4.69, 9.17) is 5.26 Å². The molecule has 10 heteroatoms. The molecule has 0 radical (unpaired) electrons. The highest BCUT2D eigenvalue weighted by atomic mass is 19.3. The first-order valence-electron chi connectivity index (χ1n) is 9.10. The zero-order valence-corrected chi connectivity index (χ0v) is 16.1. The Hall–Kier alpha value is -3.74. The van der Waals surface area contributed by atoms with Gasteiger partial charge in [0.2, 0.25) is 0 Å². The Morgan fingerprint density at radius 2 is 1.97 bits per heavy atom. The lowest BCUT2D eigenvalue weighted by Gasteiger charge is -2.18. The minimum Gasteiger partial charge on any atom is -0.363 e. The van der Waals surface area contributed by atoms with Gasteiger partial charge < -0.3 is 5.32 Å². The third-order valence-electron chi connectivity index (χ3n) is 4.77. The van der Waals surface area contributed by atoms with E-state index in [1.807, 2.05) is 0 Å². The van der Waals surface area contributed by atoms with Crippen LogP contribution in [0.1, 0.15) is 41.9 Å². The van der Waals surface area contributed by atoms with Crippen LogP contribution in [0.3, 0.4) is 0 Å². The summed E-state index contributed by atoms with van der Waals surface area (Å²) in [6.07, 6.45) is -1.48. The second-order valence-electron chi connectivity index (χ2n) is 6.78. The van der Waals surface area contributed by atoms with Crippen molar-refractivity contribution in [3.05, 3.63) is 58.9 Å². The van der Waals surface area contributed by atoms with E-state index in [1.165, 1.54) is 23.0 Å². The number of hydrogen-bond donors (Lipinski definition) is 1. The number of alkyl halides is 2. The molecule has 0 aliphatic rings. The molecule has 3 heterocycles. The largest absolute Gasteiger partial charge is 0.363 e. The van der Waals surface area contributed by atoms with E-state index < -0.39 is 23.8 Å². The van der Waals surface area contributed by atoms with Crippen LogP contribution in [-0.2, 0) is 6.42 Å². The maximum absolute atomic E-state index is 14.6. The van der Waals surface area contributed by atoms with Gasteiger partial charge in [0.05, 0.1) is 29.5 Å². The van der Waals surface area contributed by atoms with Gasteiger partial charge in [0.1, 0.15) is 23.8 Å². The van der Waals surface area contributed by atoms with Crippen LogP contribution >= 0.6 is 0 Å². The van der Waals surface area contributed by atoms with Gasteiger partial charge >= 0.3 is 0 Å². The van der Waals surface area contributed by atoms with Gasteiger partial charge in [-0.2, -0.15) is 9.78 Å².